The summed E-state index contributed by atoms with van der Waals surface area (Å²) in [7, 11) is 0. The third-order valence-corrected chi connectivity index (χ3v) is 13.8. The lowest BCUT2D eigenvalue weighted by Gasteiger charge is -2.32. The minimum Gasteiger partial charge on any atom is -0.481 e. The zero-order chi connectivity index (χ0) is 56.9. The Morgan fingerprint density at radius 2 is 1.16 bits per heavy atom. The van der Waals surface area contributed by atoms with Crippen molar-refractivity contribution in [3.8, 4) is 0 Å². The van der Waals surface area contributed by atoms with Crippen LogP contribution in [0, 0.1) is 11.8 Å². The molecule has 25 heteroatoms. The lowest BCUT2D eigenvalue weighted by atomic mass is 9.96. The zero-order valence-electron chi connectivity index (χ0n) is 43.8. The van der Waals surface area contributed by atoms with Gasteiger partial charge in [-0.25, -0.2) is 9.78 Å². The number of amides is 8. The molecule has 24 nitrogen and oxygen atoms in total. The maximum absolute atomic E-state index is 14.8. The first-order valence-corrected chi connectivity index (χ1v) is 26.2. The number of rotatable bonds is 30. The second-order valence-electron chi connectivity index (χ2n) is 19.3. The molecule has 8 amide bonds. The number of nitrogens with two attached hydrogens (primary N) is 1. The topological polar surface area (TPSA) is 374 Å². The molecule has 2 aromatic carbocycles. The van der Waals surface area contributed by atoms with Crippen LogP contribution in [0.4, 0.5) is 0 Å². The van der Waals surface area contributed by atoms with Crippen molar-refractivity contribution in [3.05, 3.63) is 90.0 Å². The van der Waals surface area contributed by atoms with E-state index in [-0.39, 0.29) is 38.0 Å². The number of H-pyrrole nitrogens is 1. The molecule has 1 aliphatic heterocycles. The Morgan fingerprint density at radius 3 is 1.66 bits per heavy atom. The van der Waals surface area contributed by atoms with Gasteiger partial charge in [0.25, 0.3) is 0 Å². The van der Waals surface area contributed by atoms with Gasteiger partial charge in [0.2, 0.25) is 47.3 Å². The first-order chi connectivity index (χ1) is 36.6. The second kappa shape index (κ2) is 30.4. The van der Waals surface area contributed by atoms with Crippen LogP contribution >= 0.6 is 12.6 Å². The van der Waals surface area contributed by atoms with E-state index >= 15 is 0 Å². The Kier molecular flexibility index (Phi) is 24.5. The predicted octanol–water partition coefficient (Wildman–Crippen LogP) is -0.888. The quantitative estimate of drug-likeness (QED) is 0.0360. The van der Waals surface area contributed by atoms with Crippen molar-refractivity contribution in [2.45, 2.75) is 146 Å². The van der Waals surface area contributed by atoms with E-state index in [1.807, 2.05) is 0 Å². The number of hydrogen-bond acceptors (Lipinski definition) is 14. The Labute approximate surface area is 452 Å². The van der Waals surface area contributed by atoms with Gasteiger partial charge in [-0.3, -0.25) is 43.2 Å². The number of carbonyl (C=O) groups excluding carboxylic acids is 8. The number of carbonyl (C=O) groups is 10. The summed E-state index contributed by atoms with van der Waals surface area (Å²) in [6.45, 7) is 8.28. The van der Waals surface area contributed by atoms with Crippen LogP contribution in [0.5, 0.6) is 0 Å². The van der Waals surface area contributed by atoms with Crippen LogP contribution in [0.3, 0.4) is 0 Å². The number of aromatic amines is 1. The number of aliphatic hydroxyl groups excluding tert-OH is 1. The van der Waals surface area contributed by atoms with Crippen molar-refractivity contribution < 1.29 is 63.3 Å². The molecule has 2 heterocycles. The fourth-order valence-electron chi connectivity index (χ4n) is 8.53. The fourth-order valence-corrected chi connectivity index (χ4v) is 8.79. The Bertz CT molecular complexity index is 2490. The van der Waals surface area contributed by atoms with Crippen LogP contribution < -0.4 is 43.0 Å². The first kappa shape index (κ1) is 62.2. The monoisotopic (exact) mass is 1090 g/mol. The van der Waals surface area contributed by atoms with Crippen LogP contribution in [0.1, 0.15) is 83.5 Å². The molecule has 1 aliphatic rings. The van der Waals surface area contributed by atoms with Crippen LogP contribution in [0.25, 0.3) is 0 Å². The van der Waals surface area contributed by atoms with E-state index in [0.29, 0.717) is 36.1 Å². The molecule has 1 saturated heterocycles. The molecule has 3 aromatic rings. The van der Waals surface area contributed by atoms with Crippen LogP contribution in [-0.2, 0) is 67.2 Å². The van der Waals surface area contributed by atoms with Crippen LogP contribution in [-0.4, -0.2) is 162 Å². The Hall–Kier alpha value is -7.38. The molecule has 1 aromatic heterocycles. The van der Waals surface area contributed by atoms with E-state index in [2.05, 4.69) is 59.8 Å². The number of nitrogens with zero attached hydrogens (tertiary/aromatic N) is 2. The number of carboxylic acids is 2. The standard InChI is InChI=1S/C52H73N11O13S/c1-6-28(3)41(48(71)58-37(52(75)76)22-32-17-12-9-13-18-32)60-46(69)38(26-77)59-49(72)42(29(4)7-2)61-47(70)39-19-14-20-63(39)51(74)36(21-31-15-10-8-11-16-31)57-45(68)35(23-33-25-54-27-55-33)56-50(73)43(30(5)64)62-44(67)34(53)24-40(65)66/h8-13,15-18,25,27-30,34-39,41-43,64,77H,6-7,14,19-24,26,53H2,1-5H3,(H,54,55)(H,56,73)(H,57,68)(H,58,71)(H,59,72)(H,60,69)(H,61,70)(H,62,67)(H,65,66)(H,75,76)/t28-,29-,30+,34-,35-,36-,37-,38-,39-,41-,42-,43-/m0/s1. The number of likely N-dealkylation sites (tertiary alicyclic amines) is 1. The first-order valence-electron chi connectivity index (χ1n) is 25.6. The van der Waals surface area contributed by atoms with Crippen LogP contribution in [0.2, 0.25) is 0 Å². The predicted molar refractivity (Wildman–Crippen MR) is 283 cm³/mol. The summed E-state index contributed by atoms with van der Waals surface area (Å²) in [5, 5.41) is 47.7. The highest BCUT2D eigenvalue weighted by Gasteiger charge is 2.42. The summed E-state index contributed by atoms with van der Waals surface area (Å²) in [6.07, 6.45) is 1.44. The van der Waals surface area contributed by atoms with Gasteiger partial charge in [0.05, 0.1) is 24.9 Å². The summed E-state index contributed by atoms with van der Waals surface area (Å²) in [5.74, 6) is -10.5. The normalized spacial score (nSPS) is 17.5. The summed E-state index contributed by atoms with van der Waals surface area (Å²) in [6, 6.07) is 5.11. The van der Waals surface area contributed by atoms with E-state index < -0.39 is 138 Å². The van der Waals surface area contributed by atoms with Crippen molar-refractivity contribution in [2.24, 2.45) is 17.6 Å². The zero-order valence-corrected chi connectivity index (χ0v) is 44.7. The van der Waals surface area contributed by atoms with Gasteiger partial charge in [-0.15, -0.1) is 0 Å². The molecule has 0 saturated carbocycles. The molecule has 0 radical (unpaired) electrons. The molecule has 0 spiro atoms. The minimum atomic E-state index is -1.70. The van der Waals surface area contributed by atoms with Crippen molar-refractivity contribution in [1.29, 1.82) is 0 Å². The second-order valence-corrected chi connectivity index (χ2v) is 19.7. The molecule has 12 atom stereocenters. The van der Waals surface area contributed by atoms with E-state index in [1.54, 1.807) is 88.4 Å². The lowest BCUT2D eigenvalue weighted by molar-refractivity contribution is -0.143. The van der Waals surface area contributed by atoms with Crippen LogP contribution in [0.15, 0.2) is 73.2 Å². The van der Waals surface area contributed by atoms with Gasteiger partial charge in [-0.2, -0.15) is 12.6 Å². The highest BCUT2D eigenvalue weighted by Crippen LogP contribution is 2.22. The molecule has 4 rings (SSSR count). The van der Waals surface area contributed by atoms with Crippen molar-refractivity contribution in [2.75, 3.05) is 12.3 Å². The Balaban J connectivity index is 1.54. The van der Waals surface area contributed by atoms with Crippen molar-refractivity contribution >= 4 is 71.8 Å². The van der Waals surface area contributed by atoms with E-state index in [9.17, 15) is 58.2 Å². The number of aliphatic hydroxyl groups is 1. The number of imidazole rings is 1. The van der Waals surface area contributed by atoms with Gasteiger partial charge in [-0.05, 0) is 42.7 Å². The van der Waals surface area contributed by atoms with Gasteiger partial charge in [0.15, 0.2) is 0 Å². The van der Waals surface area contributed by atoms with Crippen molar-refractivity contribution in [1.82, 2.24) is 52.1 Å². The van der Waals surface area contributed by atoms with E-state index in [1.165, 1.54) is 24.3 Å². The molecule has 420 valence electrons. The maximum Gasteiger partial charge on any atom is 0.326 e. The van der Waals surface area contributed by atoms with Gasteiger partial charge in [-0.1, -0.05) is 101 Å². The molecule has 13 N–H and O–H groups in total. The highest BCUT2D eigenvalue weighted by molar-refractivity contribution is 7.80. The summed E-state index contributed by atoms with van der Waals surface area (Å²) >= 11 is 4.32. The molecule has 0 bridgehead atoms. The number of hydrogen-bond donors (Lipinski definition) is 13. The van der Waals surface area contributed by atoms with Gasteiger partial charge in [0, 0.05) is 43.5 Å². The minimum absolute atomic E-state index is 0.0116. The number of benzene rings is 2. The molecule has 0 aliphatic carbocycles. The number of thiol groups is 1. The molecule has 1 fully saturated rings. The third-order valence-electron chi connectivity index (χ3n) is 13.4. The third kappa shape index (κ3) is 18.7. The van der Waals surface area contributed by atoms with E-state index in [0.717, 1.165) is 0 Å². The van der Waals surface area contributed by atoms with Gasteiger partial charge >= 0.3 is 11.9 Å². The average molecular weight is 1090 g/mol. The molecule has 77 heavy (non-hydrogen) atoms. The maximum atomic E-state index is 14.8. The Morgan fingerprint density at radius 1 is 0.662 bits per heavy atom. The van der Waals surface area contributed by atoms with Gasteiger partial charge < -0.3 is 68.2 Å². The summed E-state index contributed by atoms with van der Waals surface area (Å²) in [4.78, 5) is 143. The number of aliphatic carboxylic acids is 2. The summed E-state index contributed by atoms with van der Waals surface area (Å²) in [5.41, 5.74) is 7.35. The summed E-state index contributed by atoms with van der Waals surface area (Å²) < 4.78 is 0. The SMILES string of the molecule is CC[C@H](C)[C@H](NC(=O)[C@H](CS)NC(=O)[C@@H](NC(=O)[C@@H]1CCCN1C(=O)[C@H](Cc1ccccc1)NC(=O)[C@H](Cc1cnc[nH]1)NC(=O)[C@@H](NC(=O)[C@@H](N)CC(=O)O)[C@@H](C)O)[C@@H](C)CC)C(=O)N[C@@H](Cc1ccccc1)C(=O)O. The molecule has 0 unspecified atom stereocenters. The van der Waals surface area contributed by atoms with Gasteiger partial charge in [0.1, 0.15) is 48.3 Å². The largest absolute Gasteiger partial charge is 0.481 e. The molecular formula is C52H73N11O13S. The number of carboxylic acid groups (broad SMARTS) is 2. The smallest absolute Gasteiger partial charge is 0.326 e. The lowest BCUT2D eigenvalue weighted by Crippen LogP contribution is -2.62. The fraction of sp³-hybridized carbons (Fsp3) is 0.519. The van der Waals surface area contributed by atoms with Crippen molar-refractivity contribution in [3.63, 3.8) is 0 Å². The number of nitrogens with one attached hydrogen (secondary N) is 8. The average Bonchev–Trinajstić information content (AvgIpc) is 4.13. The number of aromatic nitrogens is 2. The van der Waals surface area contributed by atoms with E-state index in [4.69, 9.17) is 10.8 Å². The molecular weight excluding hydrogens is 1020 g/mol. The highest BCUT2D eigenvalue weighted by atomic mass is 32.1.